The van der Waals surface area contributed by atoms with Crippen molar-refractivity contribution in [3.8, 4) is 0 Å². The van der Waals surface area contributed by atoms with Crippen molar-refractivity contribution < 1.29 is 4.79 Å². The van der Waals surface area contributed by atoms with E-state index in [1.54, 1.807) is 16.2 Å². The van der Waals surface area contributed by atoms with E-state index in [2.05, 4.69) is 31.8 Å². The van der Waals surface area contributed by atoms with Gasteiger partial charge in [0.15, 0.2) is 0 Å². The summed E-state index contributed by atoms with van der Waals surface area (Å²) in [5.74, 6) is 0.651. The van der Waals surface area contributed by atoms with Crippen LogP contribution in [-0.2, 0) is 11.3 Å². The monoisotopic (exact) mass is 326 g/mol. The van der Waals surface area contributed by atoms with Gasteiger partial charge in [0.1, 0.15) is 17.8 Å². The van der Waals surface area contributed by atoms with Crippen molar-refractivity contribution in [1.82, 2.24) is 24.8 Å². The molecule has 4 rings (SSSR count). The molecule has 0 bridgehead atoms. The van der Waals surface area contributed by atoms with Gasteiger partial charge in [-0.25, -0.2) is 15.0 Å². The molecule has 0 saturated heterocycles. The van der Waals surface area contributed by atoms with Gasteiger partial charge in [-0.05, 0) is 12.1 Å². The molecule has 116 valence electrons. The molecule has 1 atom stereocenters. The lowest BCUT2D eigenvalue weighted by atomic mass is 10.1. The molecule has 0 unspecified atom stereocenters. The Morgan fingerprint density at radius 1 is 1.48 bits per heavy atom. The van der Waals surface area contributed by atoms with E-state index in [-0.39, 0.29) is 11.9 Å². The van der Waals surface area contributed by atoms with E-state index in [1.807, 2.05) is 17.8 Å². The molecule has 3 aromatic rings. The van der Waals surface area contributed by atoms with Gasteiger partial charge >= 0.3 is 0 Å². The lowest BCUT2D eigenvalue weighted by Gasteiger charge is -2.32. The Morgan fingerprint density at radius 3 is 3.26 bits per heavy atom. The van der Waals surface area contributed by atoms with Crippen LogP contribution in [0.2, 0.25) is 0 Å². The number of H-pyrrole nitrogens is 1. The number of aromatic nitrogens is 4. The lowest BCUT2D eigenvalue weighted by Crippen LogP contribution is -2.39. The van der Waals surface area contributed by atoms with Crippen LogP contribution < -0.4 is 5.32 Å². The second-order valence-electron chi connectivity index (χ2n) is 5.25. The number of fused-ring (bicyclic) bond motifs is 2. The SMILES string of the molecule is C=CC(=O)N1Cc2ncsc2[C@H](Nc2ncnc3[nH]ccc23)C1. The first kappa shape index (κ1) is 13.9. The number of anilines is 1. The minimum absolute atomic E-state index is 0.0526. The molecule has 0 fully saturated rings. The van der Waals surface area contributed by atoms with Crippen LogP contribution in [-0.4, -0.2) is 37.3 Å². The van der Waals surface area contributed by atoms with E-state index in [0.717, 1.165) is 27.4 Å². The second-order valence-corrected chi connectivity index (χ2v) is 6.13. The summed E-state index contributed by atoms with van der Waals surface area (Å²) in [5, 5.41) is 4.35. The quantitative estimate of drug-likeness (QED) is 0.720. The first-order valence-corrected chi connectivity index (χ1v) is 8.02. The van der Waals surface area contributed by atoms with E-state index >= 15 is 0 Å². The summed E-state index contributed by atoms with van der Waals surface area (Å²) in [6, 6.07) is 1.88. The van der Waals surface area contributed by atoms with E-state index in [4.69, 9.17) is 0 Å². The Kier molecular flexibility index (Phi) is 3.30. The highest BCUT2D eigenvalue weighted by Gasteiger charge is 2.30. The Balaban J connectivity index is 1.69. The number of nitrogens with one attached hydrogen (secondary N) is 2. The number of aromatic amines is 1. The van der Waals surface area contributed by atoms with Crippen molar-refractivity contribution in [3.63, 3.8) is 0 Å². The molecule has 0 radical (unpaired) electrons. The first-order chi connectivity index (χ1) is 11.3. The highest BCUT2D eigenvalue weighted by molar-refractivity contribution is 7.09. The Hall–Kier alpha value is -2.74. The number of amides is 1. The summed E-state index contributed by atoms with van der Waals surface area (Å²) in [4.78, 5) is 30.8. The predicted molar refractivity (Wildman–Crippen MR) is 88.0 cm³/mol. The van der Waals surface area contributed by atoms with Crippen molar-refractivity contribution in [2.75, 3.05) is 11.9 Å². The summed E-state index contributed by atoms with van der Waals surface area (Å²) in [7, 11) is 0. The van der Waals surface area contributed by atoms with Gasteiger partial charge in [0.25, 0.3) is 0 Å². The van der Waals surface area contributed by atoms with E-state index in [0.29, 0.717) is 13.1 Å². The summed E-state index contributed by atoms with van der Waals surface area (Å²) in [6.45, 7) is 4.64. The number of carbonyl (C=O) groups is 1. The smallest absolute Gasteiger partial charge is 0.246 e. The second kappa shape index (κ2) is 5.47. The molecule has 0 spiro atoms. The largest absolute Gasteiger partial charge is 0.360 e. The van der Waals surface area contributed by atoms with Gasteiger partial charge in [0.05, 0.1) is 34.1 Å². The van der Waals surface area contributed by atoms with Gasteiger partial charge in [0, 0.05) is 12.7 Å². The van der Waals surface area contributed by atoms with Gasteiger partial charge in [-0.3, -0.25) is 4.79 Å². The Bertz CT molecular complexity index is 885. The summed E-state index contributed by atoms with van der Waals surface area (Å²) in [6.07, 6.45) is 4.69. The molecule has 0 saturated carbocycles. The molecule has 2 N–H and O–H groups in total. The zero-order valence-corrected chi connectivity index (χ0v) is 13.0. The molecule has 1 aliphatic rings. The van der Waals surface area contributed by atoms with Crippen molar-refractivity contribution >= 4 is 34.1 Å². The summed E-state index contributed by atoms with van der Waals surface area (Å²) >= 11 is 1.59. The zero-order chi connectivity index (χ0) is 15.8. The third kappa shape index (κ3) is 2.36. The maximum atomic E-state index is 12.0. The van der Waals surface area contributed by atoms with Crippen LogP contribution in [0.3, 0.4) is 0 Å². The highest BCUT2D eigenvalue weighted by atomic mass is 32.1. The van der Waals surface area contributed by atoms with Crippen LogP contribution in [0, 0.1) is 0 Å². The molecule has 4 heterocycles. The van der Waals surface area contributed by atoms with Crippen LogP contribution in [0.15, 0.2) is 36.8 Å². The van der Waals surface area contributed by atoms with Gasteiger partial charge in [-0.2, -0.15) is 0 Å². The standard InChI is InChI=1S/C15H14N6OS/c1-2-12(22)21-5-10-13(23-8-19-10)11(6-21)20-15-9-3-4-16-14(9)17-7-18-15/h2-4,7-8,11H,1,5-6H2,(H2,16,17,18,20)/t11-/m1/s1. The number of hydrogen-bond acceptors (Lipinski definition) is 6. The van der Waals surface area contributed by atoms with E-state index < -0.39 is 0 Å². The molecule has 23 heavy (non-hydrogen) atoms. The third-order valence-electron chi connectivity index (χ3n) is 3.88. The minimum atomic E-state index is -0.0927. The van der Waals surface area contributed by atoms with Crippen LogP contribution in [0.5, 0.6) is 0 Å². The minimum Gasteiger partial charge on any atom is -0.360 e. The number of nitrogens with zero attached hydrogens (tertiary/aromatic N) is 4. The van der Waals surface area contributed by atoms with Gasteiger partial charge in [-0.1, -0.05) is 6.58 Å². The van der Waals surface area contributed by atoms with Crippen LogP contribution >= 0.6 is 11.3 Å². The fraction of sp³-hybridized carbons (Fsp3) is 0.200. The topological polar surface area (TPSA) is 86.8 Å². The van der Waals surface area contributed by atoms with E-state index in [9.17, 15) is 4.79 Å². The fourth-order valence-electron chi connectivity index (χ4n) is 2.79. The molecule has 3 aromatic heterocycles. The molecular formula is C15H14N6OS. The lowest BCUT2D eigenvalue weighted by molar-refractivity contribution is -0.127. The first-order valence-electron chi connectivity index (χ1n) is 7.14. The number of thiazole rings is 1. The van der Waals surface area contributed by atoms with Gasteiger partial charge in [0.2, 0.25) is 5.91 Å². The number of hydrogen-bond donors (Lipinski definition) is 2. The van der Waals surface area contributed by atoms with Crippen LogP contribution in [0.25, 0.3) is 11.0 Å². The molecule has 1 amide bonds. The van der Waals surface area contributed by atoms with Crippen molar-refractivity contribution in [2.45, 2.75) is 12.6 Å². The highest BCUT2D eigenvalue weighted by Crippen LogP contribution is 2.33. The maximum Gasteiger partial charge on any atom is 0.246 e. The van der Waals surface area contributed by atoms with Crippen LogP contribution in [0.4, 0.5) is 5.82 Å². The predicted octanol–water partition coefficient (Wildman–Crippen LogP) is 2.10. The maximum absolute atomic E-state index is 12.0. The Morgan fingerprint density at radius 2 is 2.39 bits per heavy atom. The summed E-state index contributed by atoms with van der Waals surface area (Å²) in [5.41, 5.74) is 3.52. The van der Waals surface area contributed by atoms with Crippen LogP contribution in [0.1, 0.15) is 16.6 Å². The fourth-order valence-corrected chi connectivity index (χ4v) is 3.63. The zero-order valence-electron chi connectivity index (χ0n) is 12.2. The molecular weight excluding hydrogens is 312 g/mol. The van der Waals surface area contributed by atoms with Gasteiger partial charge < -0.3 is 15.2 Å². The average Bonchev–Trinajstić information content (AvgIpc) is 3.23. The summed E-state index contributed by atoms with van der Waals surface area (Å²) < 4.78 is 0. The molecule has 0 aliphatic carbocycles. The van der Waals surface area contributed by atoms with Crippen molar-refractivity contribution in [2.24, 2.45) is 0 Å². The van der Waals surface area contributed by atoms with Gasteiger partial charge in [-0.15, -0.1) is 11.3 Å². The van der Waals surface area contributed by atoms with Crippen molar-refractivity contribution in [3.05, 3.63) is 47.3 Å². The molecule has 0 aromatic carbocycles. The average molecular weight is 326 g/mol. The van der Waals surface area contributed by atoms with E-state index in [1.165, 1.54) is 12.4 Å². The molecule has 1 aliphatic heterocycles. The van der Waals surface area contributed by atoms with Crippen molar-refractivity contribution in [1.29, 1.82) is 0 Å². The Labute approximate surface area is 136 Å². The molecule has 8 heteroatoms. The number of rotatable bonds is 3. The molecule has 7 nitrogen and oxygen atoms in total. The third-order valence-corrected chi connectivity index (χ3v) is 4.87. The number of carbonyl (C=O) groups excluding carboxylic acids is 1. The normalized spacial score (nSPS) is 17.0.